The van der Waals surface area contributed by atoms with Crippen molar-refractivity contribution >= 4 is 44.9 Å². The number of carbonyl (C=O) groups is 3. The van der Waals surface area contributed by atoms with Crippen molar-refractivity contribution in [2.45, 2.75) is 37.4 Å². The van der Waals surface area contributed by atoms with Crippen LogP contribution in [0.3, 0.4) is 0 Å². The number of pyridine rings is 1. The molecule has 2 aromatic heterocycles. The van der Waals surface area contributed by atoms with Crippen LogP contribution in [0.1, 0.15) is 50.9 Å². The highest BCUT2D eigenvalue weighted by Crippen LogP contribution is 2.49. The van der Waals surface area contributed by atoms with Gasteiger partial charge in [-0.2, -0.15) is 0 Å². The number of anilines is 1. The van der Waals surface area contributed by atoms with Crippen LogP contribution in [0.2, 0.25) is 0 Å². The molecule has 1 aliphatic carbocycles. The van der Waals surface area contributed by atoms with E-state index in [-0.39, 0.29) is 17.5 Å². The van der Waals surface area contributed by atoms with Crippen LogP contribution in [0, 0.1) is 6.92 Å². The molecule has 3 atom stereocenters. The number of piperidine rings is 1. The third-order valence-electron chi connectivity index (χ3n) is 6.98. The van der Waals surface area contributed by atoms with Crippen molar-refractivity contribution < 1.29 is 19.5 Å². The molecule has 8 N–H and O–H groups in total. The first-order valence-electron chi connectivity index (χ1n) is 11.3. The fourth-order valence-corrected chi connectivity index (χ4v) is 6.45. The Kier molecular flexibility index (Phi) is 5.50. The predicted octanol–water partition coefficient (Wildman–Crippen LogP) is 1.84. The van der Waals surface area contributed by atoms with Gasteiger partial charge in [0.15, 0.2) is 5.78 Å². The Labute approximate surface area is 205 Å². The summed E-state index contributed by atoms with van der Waals surface area (Å²) in [6.07, 6.45) is 1.91. The molecule has 2 amide bonds. The minimum Gasteiger partial charge on any atom is -0.465 e. The molecule has 0 bridgehead atoms. The van der Waals surface area contributed by atoms with E-state index >= 15 is 0 Å². The number of rotatable bonds is 3. The number of ketones is 1. The van der Waals surface area contributed by atoms with Crippen molar-refractivity contribution in [3.63, 3.8) is 0 Å². The Morgan fingerprint density at radius 2 is 2.06 bits per heavy atom. The molecule has 0 spiro atoms. The fraction of sp³-hybridized carbons (Fsp3) is 0.333. The number of hydrogen-bond donors (Lipinski definition) is 5. The van der Waals surface area contributed by atoms with Gasteiger partial charge in [-0.15, -0.1) is 11.3 Å². The van der Waals surface area contributed by atoms with Gasteiger partial charge in [-0.3, -0.25) is 14.6 Å². The summed E-state index contributed by atoms with van der Waals surface area (Å²) < 4.78 is 0.637. The number of hydrogen-bond acceptors (Lipinski definition) is 8. The zero-order valence-electron chi connectivity index (χ0n) is 19.1. The van der Waals surface area contributed by atoms with Gasteiger partial charge >= 0.3 is 6.09 Å². The highest BCUT2D eigenvalue weighted by molar-refractivity contribution is 7.21. The second kappa shape index (κ2) is 8.29. The number of amides is 2. The lowest BCUT2D eigenvalue weighted by molar-refractivity contribution is -0.124. The molecule has 11 heteroatoms. The van der Waals surface area contributed by atoms with Gasteiger partial charge in [-0.25, -0.2) is 4.79 Å². The van der Waals surface area contributed by atoms with Crippen molar-refractivity contribution in [1.29, 1.82) is 0 Å². The Morgan fingerprint density at radius 1 is 1.29 bits per heavy atom. The number of benzene rings is 1. The number of aryl methyl sites for hydroxylation is 1. The smallest absolute Gasteiger partial charge is 0.407 e. The standard InChI is InChI=1S/C24H26N6O4S/c1-11-13(5-2-8-28-11)24(27)14-6-7-15(25)19-16(14)17(18(26)21(24)31)20(35-19)22(32)29-12-4-3-9-30(10-12)23(33)34/h2,5-8,12,18H,3-4,9-10,25-27H2,1H3,(H,29,32)(H,33,34). The highest BCUT2D eigenvalue weighted by Gasteiger charge is 2.49. The molecule has 3 aromatic rings. The molecular formula is C24H26N6O4S. The van der Waals surface area contributed by atoms with Gasteiger partial charge in [0.25, 0.3) is 5.91 Å². The summed E-state index contributed by atoms with van der Waals surface area (Å²) in [4.78, 5) is 44.4. The zero-order chi connectivity index (χ0) is 25.1. The van der Waals surface area contributed by atoms with E-state index in [9.17, 15) is 19.5 Å². The number of carbonyl (C=O) groups excluding carboxylic acids is 2. The number of thiophene rings is 1. The van der Waals surface area contributed by atoms with Gasteiger partial charge in [-0.1, -0.05) is 12.1 Å². The number of likely N-dealkylation sites (tertiary alicyclic amines) is 1. The Balaban J connectivity index is 1.63. The van der Waals surface area contributed by atoms with E-state index in [0.717, 1.165) is 0 Å². The topological polar surface area (TPSA) is 178 Å². The average Bonchev–Trinajstić information content (AvgIpc) is 3.24. The molecule has 35 heavy (non-hydrogen) atoms. The summed E-state index contributed by atoms with van der Waals surface area (Å²) in [6.45, 7) is 2.41. The van der Waals surface area contributed by atoms with Gasteiger partial charge < -0.3 is 32.5 Å². The summed E-state index contributed by atoms with van der Waals surface area (Å²) in [6, 6.07) is 5.39. The van der Waals surface area contributed by atoms with Gasteiger partial charge in [0, 0.05) is 53.2 Å². The van der Waals surface area contributed by atoms with E-state index in [2.05, 4.69) is 10.3 Å². The van der Waals surface area contributed by atoms with Crippen molar-refractivity contribution in [2.75, 3.05) is 18.8 Å². The summed E-state index contributed by atoms with van der Waals surface area (Å²) in [5.74, 6) is -0.844. The molecule has 1 saturated heterocycles. The zero-order valence-corrected chi connectivity index (χ0v) is 19.9. The third kappa shape index (κ3) is 3.46. The largest absolute Gasteiger partial charge is 0.465 e. The van der Waals surface area contributed by atoms with Crippen LogP contribution in [0.4, 0.5) is 10.5 Å². The molecule has 1 fully saturated rings. The molecule has 5 rings (SSSR count). The van der Waals surface area contributed by atoms with E-state index in [0.29, 0.717) is 57.5 Å². The van der Waals surface area contributed by atoms with Crippen molar-refractivity contribution in [3.8, 4) is 0 Å². The number of aromatic nitrogens is 1. The number of nitrogens with two attached hydrogens (primary N) is 3. The van der Waals surface area contributed by atoms with Crippen LogP contribution in [-0.2, 0) is 10.3 Å². The van der Waals surface area contributed by atoms with E-state index in [1.54, 1.807) is 37.4 Å². The number of nitrogen functional groups attached to an aromatic ring is 1. The van der Waals surface area contributed by atoms with E-state index in [1.807, 2.05) is 0 Å². The van der Waals surface area contributed by atoms with Crippen LogP contribution in [0.5, 0.6) is 0 Å². The summed E-state index contributed by atoms with van der Waals surface area (Å²) in [5.41, 5.74) is 20.6. The molecular weight excluding hydrogens is 468 g/mol. The van der Waals surface area contributed by atoms with E-state index < -0.39 is 29.4 Å². The lowest BCUT2D eigenvalue weighted by Gasteiger charge is -2.37. The van der Waals surface area contributed by atoms with Crippen LogP contribution in [-0.4, -0.2) is 51.9 Å². The quantitative estimate of drug-likeness (QED) is 0.342. The fourth-order valence-electron chi connectivity index (χ4n) is 5.25. The molecule has 1 aromatic carbocycles. The lowest BCUT2D eigenvalue weighted by atomic mass is 9.70. The van der Waals surface area contributed by atoms with Gasteiger partial charge in [0.1, 0.15) is 5.54 Å². The van der Waals surface area contributed by atoms with Gasteiger partial charge in [0.2, 0.25) is 0 Å². The predicted molar refractivity (Wildman–Crippen MR) is 132 cm³/mol. The van der Waals surface area contributed by atoms with E-state index in [1.165, 1.54) is 16.2 Å². The first-order valence-corrected chi connectivity index (χ1v) is 12.1. The summed E-state index contributed by atoms with van der Waals surface area (Å²) in [7, 11) is 0. The normalized spacial score (nSPS) is 24.0. The molecule has 3 unspecified atom stereocenters. The Morgan fingerprint density at radius 3 is 2.77 bits per heavy atom. The molecule has 0 radical (unpaired) electrons. The van der Waals surface area contributed by atoms with Crippen LogP contribution in [0.15, 0.2) is 30.5 Å². The maximum Gasteiger partial charge on any atom is 0.407 e. The second-order valence-corrected chi connectivity index (χ2v) is 10.1. The molecule has 1 aliphatic heterocycles. The first-order chi connectivity index (χ1) is 16.6. The molecule has 10 nitrogen and oxygen atoms in total. The van der Waals surface area contributed by atoms with Crippen molar-refractivity contribution in [1.82, 2.24) is 15.2 Å². The van der Waals surface area contributed by atoms with Crippen LogP contribution in [0.25, 0.3) is 10.1 Å². The van der Waals surface area contributed by atoms with Crippen LogP contribution >= 0.6 is 11.3 Å². The minimum absolute atomic E-state index is 0.200. The van der Waals surface area contributed by atoms with Gasteiger partial charge in [-0.05, 0) is 37.5 Å². The number of nitrogens with one attached hydrogen (secondary N) is 1. The summed E-state index contributed by atoms with van der Waals surface area (Å²) in [5, 5.41) is 12.9. The Bertz CT molecular complexity index is 1390. The van der Waals surface area contributed by atoms with Crippen molar-refractivity contribution in [3.05, 3.63) is 57.7 Å². The summed E-state index contributed by atoms with van der Waals surface area (Å²) >= 11 is 1.17. The number of Topliss-reactive ketones (excluding diaryl/α,β-unsaturated/α-hetero) is 1. The second-order valence-electron chi connectivity index (χ2n) is 9.08. The SMILES string of the molecule is Cc1ncccc1C1(N)C(=O)C(N)c2c(C(=O)NC3CCCN(C(=O)O)C3)sc3c(N)ccc1c23. The van der Waals surface area contributed by atoms with Gasteiger partial charge in [0.05, 0.1) is 15.6 Å². The first kappa shape index (κ1) is 23.2. The maximum atomic E-state index is 13.8. The number of nitrogens with zero attached hydrogens (tertiary/aromatic N) is 2. The molecule has 182 valence electrons. The molecule has 3 heterocycles. The monoisotopic (exact) mass is 494 g/mol. The highest BCUT2D eigenvalue weighted by atomic mass is 32.1. The maximum absolute atomic E-state index is 13.8. The van der Waals surface area contributed by atoms with Crippen molar-refractivity contribution in [2.24, 2.45) is 11.5 Å². The molecule has 2 aliphatic rings. The minimum atomic E-state index is -1.54. The number of carboxylic acid groups (broad SMARTS) is 1. The van der Waals surface area contributed by atoms with Crippen LogP contribution < -0.4 is 22.5 Å². The molecule has 0 saturated carbocycles. The third-order valence-corrected chi connectivity index (χ3v) is 8.23. The lowest BCUT2D eigenvalue weighted by Crippen LogP contribution is -2.53. The van der Waals surface area contributed by atoms with E-state index in [4.69, 9.17) is 17.2 Å². The Hall–Kier alpha value is -3.54. The average molecular weight is 495 g/mol.